The fourth-order valence-electron chi connectivity index (χ4n) is 3.59. The van der Waals surface area contributed by atoms with Crippen LogP contribution >= 0.6 is 0 Å². The summed E-state index contributed by atoms with van der Waals surface area (Å²) in [5.41, 5.74) is 3.08. The molecule has 0 radical (unpaired) electrons. The van der Waals surface area contributed by atoms with Gasteiger partial charge in [-0.3, -0.25) is 19.6 Å². The van der Waals surface area contributed by atoms with Crippen LogP contribution < -0.4 is 0 Å². The van der Waals surface area contributed by atoms with Crippen LogP contribution in [0.5, 0.6) is 0 Å². The molecule has 6 nitrogen and oxygen atoms in total. The second-order valence-electron chi connectivity index (χ2n) is 7.22. The molecule has 0 unspecified atom stereocenters. The van der Waals surface area contributed by atoms with Crippen LogP contribution in [0.2, 0.25) is 0 Å². The molecule has 1 aliphatic rings. The molecule has 3 rings (SSSR count). The van der Waals surface area contributed by atoms with Crippen molar-refractivity contribution in [3.8, 4) is 0 Å². The third-order valence-electron chi connectivity index (χ3n) is 5.26. The predicted molar refractivity (Wildman–Crippen MR) is 104 cm³/mol. The normalized spacial score (nSPS) is 16.9. The molecule has 2 aromatic rings. The van der Waals surface area contributed by atoms with Gasteiger partial charge < -0.3 is 9.80 Å². The number of likely N-dealkylation sites (N-methyl/N-ethyl adjacent to an activating group) is 1. The van der Waals surface area contributed by atoms with Crippen LogP contribution in [0.3, 0.4) is 0 Å². The van der Waals surface area contributed by atoms with Gasteiger partial charge in [0.25, 0.3) is 11.8 Å². The number of hydrogen-bond acceptors (Lipinski definition) is 4. The van der Waals surface area contributed by atoms with E-state index in [0.29, 0.717) is 24.2 Å². The predicted octanol–water partition coefficient (Wildman–Crippen LogP) is 2.86. The molecule has 142 valence electrons. The lowest BCUT2D eigenvalue weighted by Crippen LogP contribution is -2.50. The van der Waals surface area contributed by atoms with Crippen LogP contribution in [0.4, 0.5) is 0 Å². The Bertz CT molecular complexity index is 836. The van der Waals surface area contributed by atoms with Crippen molar-refractivity contribution in [2.75, 3.05) is 20.1 Å². The van der Waals surface area contributed by atoms with Crippen molar-refractivity contribution in [1.82, 2.24) is 19.8 Å². The first-order valence-corrected chi connectivity index (χ1v) is 9.36. The molecule has 2 amide bonds. The van der Waals surface area contributed by atoms with Crippen molar-refractivity contribution in [2.24, 2.45) is 0 Å². The van der Waals surface area contributed by atoms with Crippen molar-refractivity contribution in [1.29, 1.82) is 0 Å². The zero-order chi connectivity index (χ0) is 19.4. The summed E-state index contributed by atoms with van der Waals surface area (Å²) in [6, 6.07) is 3.70. The highest BCUT2D eigenvalue weighted by Crippen LogP contribution is 2.22. The Balaban J connectivity index is 1.76. The van der Waals surface area contributed by atoms with Gasteiger partial charge in [-0.05, 0) is 56.4 Å². The lowest BCUT2D eigenvalue weighted by Gasteiger charge is -2.38. The van der Waals surface area contributed by atoms with Gasteiger partial charge in [0.1, 0.15) is 0 Å². The van der Waals surface area contributed by atoms with Crippen molar-refractivity contribution in [3.63, 3.8) is 0 Å². The number of rotatable bonds is 4. The Kier molecular flexibility index (Phi) is 5.84. The number of carbonyl (C=O) groups excluding carboxylic acids is 2. The van der Waals surface area contributed by atoms with Crippen LogP contribution in [0.1, 0.15) is 51.1 Å². The zero-order valence-corrected chi connectivity index (χ0v) is 16.2. The first-order chi connectivity index (χ1) is 13.0. The molecule has 6 heteroatoms. The number of pyridine rings is 2. The highest BCUT2D eigenvalue weighted by molar-refractivity contribution is 5.96. The number of amides is 2. The number of nitrogens with zero attached hydrogens (tertiary/aromatic N) is 4. The summed E-state index contributed by atoms with van der Waals surface area (Å²) in [6.07, 6.45) is 9.57. The first-order valence-electron chi connectivity index (χ1n) is 9.36. The average Bonchev–Trinajstić information content (AvgIpc) is 2.68. The van der Waals surface area contributed by atoms with E-state index < -0.39 is 0 Å². The Morgan fingerprint density at radius 2 is 1.70 bits per heavy atom. The quantitative estimate of drug-likeness (QED) is 0.834. The van der Waals surface area contributed by atoms with Crippen LogP contribution in [0, 0.1) is 13.8 Å². The number of hydrogen-bond donors (Lipinski definition) is 0. The molecule has 0 aliphatic carbocycles. The Hall–Kier alpha value is -2.76. The molecule has 0 spiro atoms. The first kappa shape index (κ1) is 19.0. The van der Waals surface area contributed by atoms with Crippen molar-refractivity contribution in [3.05, 3.63) is 59.2 Å². The summed E-state index contributed by atoms with van der Waals surface area (Å²) in [4.78, 5) is 37.7. The van der Waals surface area contributed by atoms with Crippen LogP contribution in [-0.4, -0.2) is 57.8 Å². The third kappa shape index (κ3) is 4.15. The lowest BCUT2D eigenvalue weighted by atomic mass is 9.99. The van der Waals surface area contributed by atoms with Gasteiger partial charge in [-0.15, -0.1) is 0 Å². The molecule has 2 aromatic heterocycles. The maximum atomic E-state index is 13.1. The van der Waals surface area contributed by atoms with E-state index in [4.69, 9.17) is 0 Å². The Labute approximate surface area is 160 Å². The average molecular weight is 366 g/mol. The second-order valence-corrected chi connectivity index (χ2v) is 7.22. The van der Waals surface area contributed by atoms with Gasteiger partial charge in [0.2, 0.25) is 0 Å². The maximum absolute atomic E-state index is 13.1. The highest BCUT2D eigenvalue weighted by atomic mass is 16.2. The van der Waals surface area contributed by atoms with E-state index in [0.717, 1.165) is 30.4 Å². The number of aryl methyl sites for hydroxylation is 2. The summed E-state index contributed by atoms with van der Waals surface area (Å²) >= 11 is 0. The molecule has 1 aliphatic heterocycles. The number of likely N-dealkylation sites (tertiary alicyclic amines) is 1. The standard InChI is InChI=1S/C21H26N4O2/c1-15-7-9-22-12-18(15)20(26)24(3)14-17-6-4-5-11-25(17)21(27)19-13-23-10-8-16(19)2/h7-10,12-13,17H,4-6,11,14H2,1-3H3/t17-/m1/s1. The molecule has 0 aromatic carbocycles. The number of aromatic nitrogens is 2. The topological polar surface area (TPSA) is 66.4 Å². The number of carbonyl (C=O) groups is 2. The molecule has 0 saturated carbocycles. The van der Waals surface area contributed by atoms with Gasteiger partial charge in [-0.25, -0.2) is 0 Å². The fourth-order valence-corrected chi connectivity index (χ4v) is 3.59. The molecule has 1 saturated heterocycles. The lowest BCUT2D eigenvalue weighted by molar-refractivity contribution is 0.0518. The summed E-state index contributed by atoms with van der Waals surface area (Å²) in [7, 11) is 1.79. The molecule has 0 bridgehead atoms. The van der Waals surface area contributed by atoms with Gasteiger partial charge in [0.15, 0.2) is 0 Å². The fraction of sp³-hybridized carbons (Fsp3) is 0.429. The molecule has 1 fully saturated rings. The monoisotopic (exact) mass is 366 g/mol. The molecular formula is C21H26N4O2. The van der Waals surface area contributed by atoms with Gasteiger partial charge in [-0.1, -0.05) is 0 Å². The van der Waals surface area contributed by atoms with E-state index >= 15 is 0 Å². The van der Waals surface area contributed by atoms with E-state index in [1.807, 2.05) is 30.9 Å². The van der Waals surface area contributed by atoms with E-state index in [1.54, 1.807) is 36.7 Å². The smallest absolute Gasteiger partial charge is 0.255 e. The summed E-state index contributed by atoms with van der Waals surface area (Å²) < 4.78 is 0. The maximum Gasteiger partial charge on any atom is 0.255 e. The molecule has 3 heterocycles. The zero-order valence-electron chi connectivity index (χ0n) is 16.2. The Morgan fingerprint density at radius 3 is 2.33 bits per heavy atom. The van der Waals surface area contributed by atoms with Crippen LogP contribution in [0.15, 0.2) is 36.9 Å². The third-order valence-corrected chi connectivity index (χ3v) is 5.26. The van der Waals surface area contributed by atoms with E-state index in [2.05, 4.69) is 9.97 Å². The van der Waals surface area contributed by atoms with E-state index in [1.165, 1.54) is 0 Å². The van der Waals surface area contributed by atoms with Gasteiger partial charge in [0, 0.05) is 51.0 Å². The largest absolute Gasteiger partial charge is 0.340 e. The van der Waals surface area contributed by atoms with Crippen LogP contribution in [-0.2, 0) is 0 Å². The summed E-state index contributed by atoms with van der Waals surface area (Å²) in [5.74, 6) is -0.0557. The van der Waals surface area contributed by atoms with E-state index in [9.17, 15) is 9.59 Å². The van der Waals surface area contributed by atoms with Crippen molar-refractivity contribution in [2.45, 2.75) is 39.2 Å². The minimum Gasteiger partial charge on any atom is -0.340 e. The minimum atomic E-state index is -0.0591. The second kappa shape index (κ2) is 8.29. The SMILES string of the molecule is Cc1ccncc1C(=O)N(C)C[C@H]1CCCCN1C(=O)c1cnccc1C. The van der Waals surface area contributed by atoms with Crippen molar-refractivity contribution < 1.29 is 9.59 Å². The molecule has 27 heavy (non-hydrogen) atoms. The van der Waals surface area contributed by atoms with Gasteiger partial charge in [-0.2, -0.15) is 0 Å². The van der Waals surface area contributed by atoms with Gasteiger partial charge >= 0.3 is 0 Å². The summed E-state index contributed by atoms with van der Waals surface area (Å²) in [5, 5.41) is 0. The van der Waals surface area contributed by atoms with Crippen LogP contribution in [0.25, 0.3) is 0 Å². The van der Waals surface area contributed by atoms with Gasteiger partial charge in [0.05, 0.1) is 11.1 Å². The highest BCUT2D eigenvalue weighted by Gasteiger charge is 2.30. The van der Waals surface area contributed by atoms with Crippen molar-refractivity contribution >= 4 is 11.8 Å². The molecular weight excluding hydrogens is 340 g/mol. The Morgan fingerprint density at radius 1 is 1.07 bits per heavy atom. The van der Waals surface area contributed by atoms with E-state index in [-0.39, 0.29) is 17.9 Å². The number of piperidine rings is 1. The summed E-state index contributed by atoms with van der Waals surface area (Å²) in [6.45, 7) is 5.06. The molecule has 0 N–H and O–H groups in total. The minimum absolute atomic E-state index is 0.00343. The molecule has 1 atom stereocenters.